The van der Waals surface area contributed by atoms with Gasteiger partial charge < -0.3 is 0 Å². The second kappa shape index (κ2) is 19.7. The Morgan fingerprint density at radius 1 is 0.353 bits per heavy atom. The van der Waals surface area contributed by atoms with Crippen LogP contribution >= 0.6 is 32.2 Å². The molecule has 0 aliphatic heterocycles. The van der Waals surface area contributed by atoms with Crippen LogP contribution in [0.2, 0.25) is 0 Å². The van der Waals surface area contributed by atoms with E-state index in [0.29, 0.717) is 0 Å². The summed E-state index contributed by atoms with van der Waals surface area (Å²) in [7, 11) is 0. The van der Waals surface area contributed by atoms with Gasteiger partial charge in [0.25, 0.3) is 0 Å². The fourth-order valence-corrected chi connectivity index (χ4v) is 21.1. The van der Waals surface area contributed by atoms with Crippen molar-refractivity contribution in [3.05, 3.63) is 192 Å². The standard InChI is InChI=1S/C44H44OP2S2Se2/c50-46(33-29-37-13-5-1-6-14-37,34-30-38-15-7-2-8-16-38)48-43-25-21-41(22-26-43)45-42-23-27-44(28-24-42)49-47(51,35-31-39-17-9-3-10-18-39)36-32-40-19-11-4-12-20-40/h1-28H,29-36H2. The van der Waals surface area contributed by atoms with Crippen molar-refractivity contribution in [2.75, 3.05) is 24.6 Å². The Bertz CT molecular complexity index is 1770. The van der Waals surface area contributed by atoms with E-state index in [1.54, 1.807) is 0 Å². The van der Waals surface area contributed by atoms with Crippen molar-refractivity contribution in [1.82, 2.24) is 0 Å². The Morgan fingerprint density at radius 3 is 0.863 bits per heavy atom. The molecule has 6 aromatic carbocycles. The molecular formula is C44H44OP2S2Se2. The number of hydrogen-bond acceptors (Lipinski definition) is 3. The van der Waals surface area contributed by atoms with Crippen molar-refractivity contribution < 1.29 is 4.74 Å². The van der Waals surface area contributed by atoms with Crippen molar-refractivity contribution in [3.63, 3.8) is 0 Å². The molecule has 0 N–H and O–H groups in total. The van der Waals surface area contributed by atoms with Gasteiger partial charge in [0.2, 0.25) is 0 Å². The van der Waals surface area contributed by atoms with Crippen molar-refractivity contribution in [1.29, 1.82) is 0 Å². The molecule has 0 saturated carbocycles. The molecule has 0 fully saturated rings. The van der Waals surface area contributed by atoms with Crippen molar-refractivity contribution in [2.45, 2.75) is 35.5 Å². The topological polar surface area (TPSA) is 9.23 Å². The molecule has 1 nitrogen and oxygen atoms in total. The summed E-state index contributed by atoms with van der Waals surface area (Å²) in [4.78, 5) is 2.60. The predicted molar refractivity (Wildman–Crippen MR) is 230 cm³/mol. The van der Waals surface area contributed by atoms with Crippen LogP contribution in [-0.2, 0) is 25.7 Å². The average molecular weight is 873 g/mol. The molecular weight excluding hydrogens is 828 g/mol. The predicted octanol–water partition coefficient (Wildman–Crippen LogP) is 12.7. The molecule has 0 bridgehead atoms. The molecule has 0 spiro atoms. The Hall–Kier alpha value is -2.28. The van der Waals surface area contributed by atoms with Gasteiger partial charge in [-0.15, -0.1) is 0 Å². The SMILES string of the molecule is [Se]=P(CCc1ccccc1)(CCc1ccccc1)Sc1ccc(Oc2ccc(SP(=[Se])(CCc3ccccc3)CCc3ccccc3)cc2)cc1. The molecule has 0 aliphatic carbocycles. The van der Waals surface area contributed by atoms with Gasteiger partial charge >= 0.3 is 331 Å². The van der Waals surface area contributed by atoms with Crippen LogP contribution in [0.5, 0.6) is 11.5 Å². The van der Waals surface area contributed by atoms with Gasteiger partial charge in [0.05, 0.1) is 0 Å². The van der Waals surface area contributed by atoms with Crippen LogP contribution in [0.25, 0.3) is 0 Å². The summed E-state index contributed by atoms with van der Waals surface area (Å²) < 4.78 is 3.51. The molecule has 0 amide bonds. The fraction of sp³-hybridized carbons (Fsp3) is 0.182. The molecule has 0 aromatic heterocycles. The van der Waals surface area contributed by atoms with Gasteiger partial charge in [-0.3, -0.25) is 0 Å². The van der Waals surface area contributed by atoms with E-state index in [1.807, 2.05) is 0 Å². The number of aryl methyl sites for hydroxylation is 4. The summed E-state index contributed by atoms with van der Waals surface area (Å²) in [6, 6.07) is 61.0. The zero-order chi connectivity index (χ0) is 35.2. The maximum atomic E-state index is 6.35. The van der Waals surface area contributed by atoms with Crippen LogP contribution in [-0.4, -0.2) is 54.8 Å². The van der Waals surface area contributed by atoms with Crippen LogP contribution in [0.3, 0.4) is 0 Å². The van der Waals surface area contributed by atoms with Crippen molar-refractivity contribution in [2.24, 2.45) is 0 Å². The fourth-order valence-electron chi connectivity index (χ4n) is 5.84. The van der Waals surface area contributed by atoms with Crippen molar-refractivity contribution in [3.8, 4) is 11.5 Å². The van der Waals surface area contributed by atoms with Gasteiger partial charge in [-0.1, -0.05) is 0 Å². The molecule has 260 valence electrons. The number of ether oxygens (including phenoxy) is 1. The Labute approximate surface area is 328 Å². The minimum absolute atomic E-state index is 0.869. The third kappa shape index (κ3) is 13.0. The third-order valence-electron chi connectivity index (χ3n) is 8.76. The first-order chi connectivity index (χ1) is 24.9. The van der Waals surface area contributed by atoms with Gasteiger partial charge in [-0.2, -0.15) is 0 Å². The Kier molecular flexibility index (Phi) is 14.8. The molecule has 0 radical (unpaired) electrons. The summed E-state index contributed by atoms with van der Waals surface area (Å²) >= 11 is 11.6. The van der Waals surface area contributed by atoms with Gasteiger partial charge in [0, 0.05) is 0 Å². The minimum atomic E-state index is -1.42. The van der Waals surface area contributed by atoms with E-state index in [9.17, 15) is 0 Å². The Morgan fingerprint density at radius 2 is 0.608 bits per heavy atom. The summed E-state index contributed by atoms with van der Waals surface area (Å²) in [6.45, 7) is 0. The van der Waals surface area contributed by atoms with E-state index >= 15 is 0 Å². The van der Waals surface area contributed by atoms with Crippen LogP contribution in [0.4, 0.5) is 0 Å². The summed E-state index contributed by atoms with van der Waals surface area (Å²) in [5.41, 5.74) is 5.65. The van der Waals surface area contributed by atoms with Crippen LogP contribution in [0.1, 0.15) is 22.3 Å². The monoisotopic (exact) mass is 874 g/mol. The average Bonchev–Trinajstić information content (AvgIpc) is 3.18. The normalized spacial score (nSPS) is 11.7. The zero-order valence-electron chi connectivity index (χ0n) is 28.8. The first kappa shape index (κ1) is 38.4. The molecule has 0 unspecified atom stereocenters. The van der Waals surface area contributed by atoms with Gasteiger partial charge in [-0.05, 0) is 0 Å². The van der Waals surface area contributed by atoms with Crippen LogP contribution < -0.4 is 4.74 Å². The molecule has 0 aliphatic rings. The number of hydrogen-bond donors (Lipinski definition) is 0. The quantitative estimate of drug-likeness (QED) is 0.0629. The first-order valence-electron chi connectivity index (χ1n) is 17.5. The molecule has 6 rings (SSSR count). The third-order valence-corrected chi connectivity index (χ3v) is 26.9. The van der Waals surface area contributed by atoms with Crippen LogP contribution in [0.15, 0.2) is 180 Å². The van der Waals surface area contributed by atoms with E-state index in [4.69, 9.17) is 4.74 Å². The molecule has 0 saturated heterocycles. The molecule has 7 heteroatoms. The van der Waals surface area contributed by atoms with E-state index in [-0.39, 0.29) is 0 Å². The summed E-state index contributed by atoms with van der Waals surface area (Å²) in [5.74, 6) is 1.74. The van der Waals surface area contributed by atoms with Gasteiger partial charge in [0.1, 0.15) is 0 Å². The summed E-state index contributed by atoms with van der Waals surface area (Å²) in [5, 5.41) is 0. The zero-order valence-corrected chi connectivity index (χ0v) is 35.6. The molecule has 0 heterocycles. The second-order valence-electron chi connectivity index (χ2n) is 12.7. The van der Waals surface area contributed by atoms with Gasteiger partial charge in [0.15, 0.2) is 0 Å². The maximum absolute atomic E-state index is 6.35. The first-order valence-corrected chi connectivity index (χ1v) is 29.1. The summed E-state index contributed by atoms with van der Waals surface area (Å²) in [6.07, 6.45) is 9.08. The van der Waals surface area contributed by atoms with E-state index in [2.05, 4.69) is 223 Å². The molecule has 51 heavy (non-hydrogen) atoms. The number of benzene rings is 6. The Balaban J connectivity index is 1.08. The molecule has 6 aromatic rings. The number of rotatable bonds is 18. The second-order valence-corrected chi connectivity index (χ2v) is 36.3. The van der Waals surface area contributed by atoms with Gasteiger partial charge in [-0.25, -0.2) is 0 Å². The van der Waals surface area contributed by atoms with E-state index in [0.717, 1.165) is 37.2 Å². The molecule has 0 atom stereocenters. The van der Waals surface area contributed by atoms with Crippen LogP contribution in [0, 0.1) is 0 Å². The van der Waals surface area contributed by atoms with E-state index in [1.165, 1.54) is 56.7 Å². The van der Waals surface area contributed by atoms with Crippen molar-refractivity contribution >= 4 is 62.4 Å². The van der Waals surface area contributed by atoms with E-state index < -0.39 is 9.42 Å².